The highest BCUT2D eigenvalue weighted by Crippen LogP contribution is 2.40. The number of hydrogen-bond donors (Lipinski definition) is 0. The first-order valence-corrected chi connectivity index (χ1v) is 10.7. The minimum Gasteiger partial charge on any atom is -0.379 e. The van der Waals surface area contributed by atoms with E-state index in [1.165, 1.54) is 22.4 Å². The Bertz CT molecular complexity index is 905. The van der Waals surface area contributed by atoms with Crippen LogP contribution >= 0.6 is 0 Å². The Balaban J connectivity index is 1.34. The number of allylic oxidation sites excluding steroid dienone is 4. The van der Waals surface area contributed by atoms with Crippen LogP contribution in [0.4, 0.5) is 0 Å². The standard InChI is InChI=1S/C24H28N3O2/c1-2-9-25-23(5-1)22-18-27-11-3-6-24(27)21-17-19(7-8-20(21)22)29-14-4-10-26-12-15-28-16-13-26/h1-2,5-9,17H,3-4,10-16,18H2/q+1. The van der Waals surface area contributed by atoms with Crippen LogP contribution < -0.4 is 0 Å². The fourth-order valence-electron chi connectivity index (χ4n) is 4.48. The van der Waals surface area contributed by atoms with Crippen LogP contribution in [0.25, 0.3) is 5.57 Å². The largest absolute Gasteiger partial charge is 0.379 e. The minimum absolute atomic E-state index is 0.746. The zero-order valence-electron chi connectivity index (χ0n) is 16.8. The lowest BCUT2D eigenvalue weighted by Gasteiger charge is -2.33. The lowest BCUT2D eigenvalue weighted by molar-refractivity contribution is -0.456. The lowest BCUT2D eigenvalue weighted by atomic mass is 9.87. The van der Waals surface area contributed by atoms with Crippen molar-refractivity contribution in [1.29, 1.82) is 0 Å². The maximum Gasteiger partial charge on any atom is 0.344 e. The van der Waals surface area contributed by atoms with Crippen molar-refractivity contribution in [3.05, 3.63) is 71.2 Å². The van der Waals surface area contributed by atoms with E-state index in [1.807, 2.05) is 12.3 Å². The molecule has 0 amide bonds. The normalized spacial score (nSPS) is 23.2. The second-order valence-electron chi connectivity index (χ2n) is 7.86. The van der Waals surface area contributed by atoms with Gasteiger partial charge in [-0.25, -0.2) is 0 Å². The molecule has 5 nitrogen and oxygen atoms in total. The smallest absolute Gasteiger partial charge is 0.344 e. The molecule has 1 aromatic heterocycles. The highest BCUT2D eigenvalue weighted by molar-refractivity contribution is 6.05. The number of carbonyl (C=O) groups excluding carboxylic acids is 1. The predicted octanol–water partition coefficient (Wildman–Crippen LogP) is 2.76. The highest BCUT2D eigenvalue weighted by atomic mass is 16.5. The van der Waals surface area contributed by atoms with Crippen molar-refractivity contribution in [2.24, 2.45) is 0 Å². The number of morpholine rings is 1. The molecule has 1 aliphatic carbocycles. The van der Waals surface area contributed by atoms with E-state index >= 15 is 0 Å². The molecule has 1 fully saturated rings. The van der Waals surface area contributed by atoms with Crippen LogP contribution in [0.1, 0.15) is 18.5 Å². The van der Waals surface area contributed by atoms with Gasteiger partial charge in [0, 0.05) is 68.3 Å². The lowest BCUT2D eigenvalue weighted by Crippen LogP contribution is -2.37. The second kappa shape index (κ2) is 8.47. The molecule has 0 aromatic carbocycles. The average Bonchev–Trinajstić information content (AvgIpc) is 3.26. The van der Waals surface area contributed by atoms with Gasteiger partial charge in [0.1, 0.15) is 0 Å². The molecule has 4 heterocycles. The Morgan fingerprint density at radius 2 is 2.03 bits per heavy atom. The Labute approximate surface area is 172 Å². The number of fused-ring (bicyclic) bond motifs is 3. The summed E-state index contributed by atoms with van der Waals surface area (Å²) in [6.07, 6.45) is 12.9. The first-order chi connectivity index (χ1) is 14.4. The number of nitrogens with zero attached hydrogens (tertiary/aromatic N) is 3. The molecule has 5 rings (SSSR count). The van der Waals surface area contributed by atoms with Gasteiger partial charge in [0.05, 0.1) is 25.0 Å². The topological polar surface area (TPSA) is 39.9 Å². The van der Waals surface area contributed by atoms with E-state index in [1.54, 1.807) is 0 Å². The Kier molecular flexibility index (Phi) is 5.41. The van der Waals surface area contributed by atoms with Gasteiger partial charge in [-0.2, -0.15) is 0 Å². The molecule has 0 saturated carbocycles. The molecule has 0 atom stereocenters. The van der Waals surface area contributed by atoms with Crippen molar-refractivity contribution < 1.29 is 9.16 Å². The number of hydrogen-bond acceptors (Lipinski definition) is 4. The van der Waals surface area contributed by atoms with Gasteiger partial charge in [-0.3, -0.25) is 14.3 Å². The van der Waals surface area contributed by atoms with Crippen LogP contribution in [0.5, 0.6) is 0 Å². The Morgan fingerprint density at radius 1 is 1.10 bits per heavy atom. The van der Waals surface area contributed by atoms with E-state index in [9.17, 15) is 0 Å². The van der Waals surface area contributed by atoms with Gasteiger partial charge in [-0.05, 0) is 30.2 Å². The van der Waals surface area contributed by atoms with E-state index in [2.05, 4.69) is 51.2 Å². The zero-order valence-corrected chi connectivity index (χ0v) is 16.8. The van der Waals surface area contributed by atoms with Crippen LogP contribution in [0, 0.1) is 0 Å². The molecule has 0 N–H and O–H groups in total. The van der Waals surface area contributed by atoms with E-state index in [0.29, 0.717) is 0 Å². The van der Waals surface area contributed by atoms with Crippen molar-refractivity contribution in [3.8, 4) is 0 Å². The summed E-state index contributed by atoms with van der Waals surface area (Å²) in [5, 5.41) is 0. The molecule has 0 radical (unpaired) electrons. The van der Waals surface area contributed by atoms with Crippen molar-refractivity contribution in [3.63, 3.8) is 0 Å². The van der Waals surface area contributed by atoms with Crippen LogP contribution in [0.15, 0.2) is 65.5 Å². The molecule has 3 aliphatic heterocycles. The molecular weight excluding hydrogens is 362 g/mol. The van der Waals surface area contributed by atoms with E-state index in [-0.39, 0.29) is 0 Å². The zero-order chi connectivity index (χ0) is 19.5. The number of ether oxygens (including phenoxy) is 1. The quantitative estimate of drug-likeness (QED) is 0.573. The summed E-state index contributed by atoms with van der Waals surface area (Å²) in [5.74, 6) is 0.959. The van der Waals surface area contributed by atoms with Crippen LogP contribution in [-0.2, 0) is 9.16 Å². The van der Waals surface area contributed by atoms with Crippen molar-refractivity contribution in [2.45, 2.75) is 12.8 Å². The summed E-state index contributed by atoms with van der Waals surface area (Å²) >= 11 is 0. The fraction of sp³-hybridized carbons (Fsp3) is 0.417. The van der Waals surface area contributed by atoms with Crippen LogP contribution in [0.2, 0.25) is 0 Å². The van der Waals surface area contributed by atoms with Gasteiger partial charge in [-0.15, -0.1) is 0 Å². The molecule has 150 valence electrons. The summed E-state index contributed by atoms with van der Waals surface area (Å²) < 4.78 is 11.5. The molecule has 0 unspecified atom stereocenters. The third-order valence-corrected chi connectivity index (χ3v) is 5.98. The van der Waals surface area contributed by atoms with Crippen molar-refractivity contribution >= 4 is 11.4 Å². The summed E-state index contributed by atoms with van der Waals surface area (Å²) in [6.45, 7) is 7.61. The van der Waals surface area contributed by atoms with E-state index in [4.69, 9.17) is 9.16 Å². The Morgan fingerprint density at radius 3 is 2.90 bits per heavy atom. The molecular formula is C24H28N3O2+. The Hall–Kier alpha value is -2.50. The first kappa shape index (κ1) is 18.5. The van der Waals surface area contributed by atoms with Crippen LogP contribution in [-0.4, -0.2) is 73.1 Å². The molecule has 1 saturated heterocycles. The van der Waals surface area contributed by atoms with E-state index < -0.39 is 0 Å². The minimum atomic E-state index is 0.746. The average molecular weight is 391 g/mol. The monoisotopic (exact) mass is 390 g/mol. The maximum absolute atomic E-state index is 6.12. The fourth-order valence-corrected chi connectivity index (χ4v) is 4.48. The second-order valence-corrected chi connectivity index (χ2v) is 7.86. The summed E-state index contributed by atoms with van der Waals surface area (Å²) in [7, 11) is 0. The molecule has 0 bridgehead atoms. The van der Waals surface area contributed by atoms with Crippen molar-refractivity contribution in [1.82, 2.24) is 14.8 Å². The number of ketones is 1. The molecule has 1 aromatic rings. The van der Waals surface area contributed by atoms with E-state index in [0.717, 1.165) is 76.9 Å². The molecule has 0 spiro atoms. The third-order valence-electron chi connectivity index (χ3n) is 5.98. The maximum atomic E-state index is 6.12. The van der Waals surface area contributed by atoms with Crippen molar-refractivity contribution in [2.75, 3.05) is 52.5 Å². The summed E-state index contributed by atoms with van der Waals surface area (Å²) in [5.41, 5.74) is 6.28. The first-order valence-electron chi connectivity index (χ1n) is 10.7. The van der Waals surface area contributed by atoms with Gasteiger partial charge in [0.25, 0.3) is 6.61 Å². The molecule has 29 heavy (non-hydrogen) atoms. The van der Waals surface area contributed by atoms with Crippen LogP contribution in [0.3, 0.4) is 0 Å². The van der Waals surface area contributed by atoms with Gasteiger partial charge >= 0.3 is 5.78 Å². The molecule has 5 heteroatoms. The SMILES string of the molecule is C1=CC2=C(c3ccccn3)CN3CCC=C3C2=CC1=[O+]CCCN1CCOCC1. The van der Waals surface area contributed by atoms with Gasteiger partial charge < -0.3 is 9.64 Å². The summed E-state index contributed by atoms with van der Waals surface area (Å²) in [4.78, 5) is 9.54. The van der Waals surface area contributed by atoms with Gasteiger partial charge in [0.2, 0.25) is 0 Å². The molecule has 4 aliphatic rings. The number of rotatable bonds is 5. The number of pyridine rings is 1. The predicted molar refractivity (Wildman–Crippen MR) is 114 cm³/mol. The van der Waals surface area contributed by atoms with Gasteiger partial charge in [-0.1, -0.05) is 12.1 Å². The van der Waals surface area contributed by atoms with Gasteiger partial charge in [0.15, 0.2) is 0 Å². The highest BCUT2D eigenvalue weighted by Gasteiger charge is 2.32. The summed E-state index contributed by atoms with van der Waals surface area (Å²) in [6, 6.07) is 6.15. The number of aromatic nitrogens is 1. The third kappa shape index (κ3) is 3.98.